The van der Waals surface area contributed by atoms with E-state index in [-0.39, 0.29) is 11.7 Å². The molecule has 1 aromatic carbocycles. The van der Waals surface area contributed by atoms with Crippen molar-refractivity contribution in [2.45, 2.75) is 6.92 Å². The van der Waals surface area contributed by atoms with E-state index in [1.54, 1.807) is 24.2 Å². The van der Waals surface area contributed by atoms with E-state index in [9.17, 15) is 4.79 Å². The number of halogens is 1. The standard InChI is InChI=1S/C17H16ClN5O2/c1-11-8-15(25-21-11)17(24)23-6-4-22(5-7-23)16-13-3-2-12(18)9-14(13)19-10-20-16/h2-3,8-10H,4-7H2,1H3. The third-order valence-electron chi connectivity index (χ3n) is 4.28. The molecular formula is C17H16ClN5O2. The summed E-state index contributed by atoms with van der Waals surface area (Å²) in [4.78, 5) is 25.1. The predicted octanol–water partition coefficient (Wildman–Crippen LogP) is 2.54. The smallest absolute Gasteiger partial charge is 0.292 e. The highest BCUT2D eigenvalue weighted by molar-refractivity contribution is 6.31. The number of carbonyl (C=O) groups is 1. The Morgan fingerprint density at radius 3 is 2.68 bits per heavy atom. The van der Waals surface area contributed by atoms with E-state index in [2.05, 4.69) is 20.0 Å². The van der Waals surface area contributed by atoms with E-state index < -0.39 is 0 Å². The highest BCUT2D eigenvalue weighted by atomic mass is 35.5. The number of amides is 1. The van der Waals surface area contributed by atoms with Crippen molar-refractivity contribution in [3.63, 3.8) is 0 Å². The summed E-state index contributed by atoms with van der Waals surface area (Å²) in [5.74, 6) is 1.02. The Bertz CT molecular complexity index is 934. The van der Waals surface area contributed by atoms with Gasteiger partial charge in [-0.25, -0.2) is 9.97 Å². The molecule has 1 amide bonds. The highest BCUT2D eigenvalue weighted by Gasteiger charge is 2.26. The monoisotopic (exact) mass is 357 g/mol. The van der Waals surface area contributed by atoms with Crippen molar-refractivity contribution >= 4 is 34.2 Å². The summed E-state index contributed by atoms with van der Waals surface area (Å²) in [5, 5.41) is 5.38. The Balaban J connectivity index is 1.51. The fourth-order valence-corrected chi connectivity index (χ4v) is 3.18. The first kappa shape index (κ1) is 15.8. The van der Waals surface area contributed by atoms with E-state index in [1.807, 2.05) is 18.2 Å². The van der Waals surface area contributed by atoms with Crippen LogP contribution in [0.4, 0.5) is 5.82 Å². The van der Waals surface area contributed by atoms with Crippen LogP contribution in [0.5, 0.6) is 0 Å². The maximum Gasteiger partial charge on any atom is 0.292 e. The SMILES string of the molecule is Cc1cc(C(=O)N2CCN(c3ncnc4cc(Cl)ccc34)CC2)on1. The molecule has 1 aliphatic heterocycles. The number of rotatable bonds is 2. The van der Waals surface area contributed by atoms with Crippen LogP contribution in [0.2, 0.25) is 5.02 Å². The van der Waals surface area contributed by atoms with Gasteiger partial charge in [0, 0.05) is 42.7 Å². The Labute approximate surface area is 149 Å². The third-order valence-corrected chi connectivity index (χ3v) is 4.52. The summed E-state index contributed by atoms with van der Waals surface area (Å²) in [7, 11) is 0. The average molecular weight is 358 g/mol. The van der Waals surface area contributed by atoms with Gasteiger partial charge >= 0.3 is 0 Å². The number of aryl methyl sites for hydroxylation is 1. The maximum atomic E-state index is 12.4. The van der Waals surface area contributed by atoms with Crippen LogP contribution in [0.1, 0.15) is 16.2 Å². The summed E-state index contributed by atoms with van der Waals surface area (Å²) < 4.78 is 5.07. The molecule has 0 saturated carbocycles. The van der Waals surface area contributed by atoms with Gasteiger partial charge in [0.05, 0.1) is 11.2 Å². The highest BCUT2D eigenvalue weighted by Crippen LogP contribution is 2.26. The molecule has 0 bridgehead atoms. The fourth-order valence-electron chi connectivity index (χ4n) is 3.01. The predicted molar refractivity (Wildman–Crippen MR) is 93.9 cm³/mol. The van der Waals surface area contributed by atoms with Crippen molar-refractivity contribution in [1.82, 2.24) is 20.0 Å². The summed E-state index contributed by atoms with van der Waals surface area (Å²) in [6, 6.07) is 7.26. The number of piperazine rings is 1. The van der Waals surface area contributed by atoms with Crippen LogP contribution in [0.3, 0.4) is 0 Å². The quantitative estimate of drug-likeness (QED) is 0.701. The van der Waals surface area contributed by atoms with Crippen molar-refractivity contribution in [2.24, 2.45) is 0 Å². The molecule has 0 spiro atoms. The first-order valence-corrected chi connectivity index (χ1v) is 8.37. The number of carbonyl (C=O) groups excluding carboxylic acids is 1. The fraction of sp³-hybridized carbons (Fsp3) is 0.294. The lowest BCUT2D eigenvalue weighted by Crippen LogP contribution is -2.49. The van der Waals surface area contributed by atoms with E-state index >= 15 is 0 Å². The zero-order valence-corrected chi connectivity index (χ0v) is 14.4. The van der Waals surface area contributed by atoms with Crippen LogP contribution in [-0.2, 0) is 0 Å². The Morgan fingerprint density at radius 1 is 1.16 bits per heavy atom. The number of hydrogen-bond donors (Lipinski definition) is 0. The minimum atomic E-state index is -0.125. The number of fused-ring (bicyclic) bond motifs is 1. The second kappa shape index (κ2) is 6.33. The number of aromatic nitrogens is 3. The molecule has 0 N–H and O–H groups in total. The van der Waals surface area contributed by atoms with Crippen molar-refractivity contribution in [2.75, 3.05) is 31.1 Å². The van der Waals surface area contributed by atoms with Gasteiger partial charge in [-0.05, 0) is 25.1 Å². The number of anilines is 1. The Hall–Kier alpha value is -2.67. The zero-order chi connectivity index (χ0) is 17.4. The lowest BCUT2D eigenvalue weighted by Gasteiger charge is -2.35. The van der Waals surface area contributed by atoms with Crippen LogP contribution >= 0.6 is 11.6 Å². The van der Waals surface area contributed by atoms with E-state index in [1.165, 1.54) is 0 Å². The van der Waals surface area contributed by atoms with Crippen LogP contribution in [-0.4, -0.2) is 52.1 Å². The average Bonchev–Trinajstić information content (AvgIpc) is 3.07. The van der Waals surface area contributed by atoms with Gasteiger partial charge in [-0.15, -0.1) is 0 Å². The maximum absolute atomic E-state index is 12.4. The largest absolute Gasteiger partial charge is 0.352 e. The van der Waals surface area contributed by atoms with Gasteiger partial charge in [0.1, 0.15) is 12.1 Å². The zero-order valence-electron chi connectivity index (χ0n) is 13.6. The molecule has 0 atom stereocenters. The normalized spacial score (nSPS) is 15.0. The molecule has 1 fully saturated rings. The molecule has 3 heterocycles. The first-order chi connectivity index (χ1) is 12.1. The van der Waals surface area contributed by atoms with Gasteiger partial charge in [0.2, 0.25) is 5.76 Å². The molecule has 7 nitrogen and oxygen atoms in total. The van der Waals surface area contributed by atoms with Gasteiger partial charge in [-0.1, -0.05) is 16.8 Å². The van der Waals surface area contributed by atoms with E-state index in [0.717, 1.165) is 16.7 Å². The van der Waals surface area contributed by atoms with Gasteiger partial charge in [-0.2, -0.15) is 0 Å². The van der Waals surface area contributed by atoms with Crippen molar-refractivity contribution < 1.29 is 9.32 Å². The molecule has 3 aromatic rings. The summed E-state index contributed by atoms with van der Waals surface area (Å²) in [6.07, 6.45) is 1.54. The summed E-state index contributed by atoms with van der Waals surface area (Å²) in [6.45, 7) is 4.36. The second-order valence-electron chi connectivity index (χ2n) is 5.97. The van der Waals surface area contributed by atoms with Crippen LogP contribution in [0.25, 0.3) is 10.9 Å². The first-order valence-electron chi connectivity index (χ1n) is 7.99. The summed E-state index contributed by atoms with van der Waals surface area (Å²) in [5.41, 5.74) is 1.52. The van der Waals surface area contributed by atoms with Crippen molar-refractivity contribution in [1.29, 1.82) is 0 Å². The van der Waals surface area contributed by atoms with Crippen molar-refractivity contribution in [3.05, 3.63) is 47.1 Å². The van der Waals surface area contributed by atoms with Gasteiger partial charge in [0.15, 0.2) is 0 Å². The number of hydrogen-bond acceptors (Lipinski definition) is 6. The minimum Gasteiger partial charge on any atom is -0.352 e. The van der Waals surface area contributed by atoms with Crippen molar-refractivity contribution in [3.8, 4) is 0 Å². The van der Waals surface area contributed by atoms with Gasteiger partial charge < -0.3 is 14.3 Å². The van der Waals surface area contributed by atoms with Gasteiger partial charge in [0.25, 0.3) is 5.91 Å². The second-order valence-corrected chi connectivity index (χ2v) is 6.41. The molecule has 1 aliphatic rings. The van der Waals surface area contributed by atoms with Crippen LogP contribution in [0.15, 0.2) is 35.1 Å². The molecule has 2 aromatic heterocycles. The Kier molecular flexibility index (Phi) is 4.01. The molecular weight excluding hydrogens is 342 g/mol. The van der Waals surface area contributed by atoms with E-state index in [0.29, 0.717) is 36.9 Å². The molecule has 0 radical (unpaired) electrons. The topological polar surface area (TPSA) is 75.4 Å². The molecule has 128 valence electrons. The molecule has 4 rings (SSSR count). The van der Waals surface area contributed by atoms with Crippen LogP contribution < -0.4 is 4.90 Å². The molecule has 0 aliphatic carbocycles. The summed E-state index contributed by atoms with van der Waals surface area (Å²) >= 11 is 6.04. The van der Waals surface area contributed by atoms with Gasteiger partial charge in [-0.3, -0.25) is 4.79 Å². The molecule has 25 heavy (non-hydrogen) atoms. The lowest BCUT2D eigenvalue weighted by atomic mass is 10.2. The lowest BCUT2D eigenvalue weighted by molar-refractivity contribution is 0.0704. The van der Waals surface area contributed by atoms with Crippen LogP contribution in [0, 0.1) is 6.92 Å². The number of benzene rings is 1. The van der Waals surface area contributed by atoms with E-state index in [4.69, 9.17) is 16.1 Å². The Morgan fingerprint density at radius 2 is 1.96 bits per heavy atom. The molecule has 1 saturated heterocycles. The molecule has 8 heteroatoms. The third kappa shape index (κ3) is 3.02. The number of nitrogens with zero attached hydrogens (tertiary/aromatic N) is 5. The minimum absolute atomic E-state index is 0.125. The molecule has 0 unspecified atom stereocenters.